The normalized spacial score (nSPS) is 20.7. The summed E-state index contributed by atoms with van der Waals surface area (Å²) in [7, 11) is 2.18. The first kappa shape index (κ1) is 13.0. The largest absolute Gasteiger partial charge is 0.304 e. The van der Waals surface area contributed by atoms with Crippen LogP contribution in [0.1, 0.15) is 28.5 Å². The summed E-state index contributed by atoms with van der Waals surface area (Å²) in [6, 6.07) is 0.309. The standard InChI is InChI=1S/C12H22N4S/c1-9(12-10(2)17-11(3)13-12)14-16-7-5-15(4)6-8-16/h9,14H,5-8H2,1-4H3. The Bertz CT molecular complexity index is 369. The first-order valence-corrected chi connectivity index (χ1v) is 7.01. The van der Waals surface area contributed by atoms with Crippen LogP contribution in [0.2, 0.25) is 0 Å². The lowest BCUT2D eigenvalue weighted by Crippen LogP contribution is -2.51. The number of hydrogen-bond acceptors (Lipinski definition) is 5. The summed E-state index contributed by atoms with van der Waals surface area (Å²) in [5.74, 6) is 0. The van der Waals surface area contributed by atoms with Crippen LogP contribution >= 0.6 is 11.3 Å². The number of piperazine rings is 1. The van der Waals surface area contributed by atoms with Gasteiger partial charge in [0.15, 0.2) is 0 Å². The molecule has 4 nitrogen and oxygen atoms in total. The molecule has 1 aliphatic rings. The molecule has 1 atom stereocenters. The van der Waals surface area contributed by atoms with Crippen LogP contribution in [0.4, 0.5) is 0 Å². The maximum absolute atomic E-state index is 4.61. The summed E-state index contributed by atoms with van der Waals surface area (Å²) in [6.07, 6.45) is 0. The lowest BCUT2D eigenvalue weighted by Gasteiger charge is -2.34. The molecule has 5 heteroatoms. The van der Waals surface area contributed by atoms with Gasteiger partial charge in [-0.25, -0.2) is 15.4 Å². The second-order valence-corrected chi connectivity index (χ2v) is 6.22. The number of thiazole rings is 1. The number of nitrogens with one attached hydrogen (secondary N) is 1. The van der Waals surface area contributed by atoms with Crippen LogP contribution < -0.4 is 5.43 Å². The molecule has 1 N–H and O–H groups in total. The third-order valence-electron chi connectivity index (χ3n) is 3.23. The van der Waals surface area contributed by atoms with Crippen molar-refractivity contribution in [3.05, 3.63) is 15.6 Å². The first-order valence-electron chi connectivity index (χ1n) is 6.20. The van der Waals surface area contributed by atoms with Crippen molar-refractivity contribution in [3.8, 4) is 0 Å². The van der Waals surface area contributed by atoms with Crippen molar-refractivity contribution in [1.82, 2.24) is 20.3 Å². The van der Waals surface area contributed by atoms with Gasteiger partial charge < -0.3 is 4.90 Å². The highest BCUT2D eigenvalue weighted by Gasteiger charge is 2.18. The fraction of sp³-hybridized carbons (Fsp3) is 0.750. The lowest BCUT2D eigenvalue weighted by atomic mass is 10.2. The van der Waals surface area contributed by atoms with E-state index in [1.807, 2.05) is 0 Å². The number of hydrogen-bond donors (Lipinski definition) is 1. The number of nitrogens with zero attached hydrogens (tertiary/aromatic N) is 3. The highest BCUT2D eigenvalue weighted by atomic mass is 32.1. The Balaban J connectivity index is 1.93. The van der Waals surface area contributed by atoms with Gasteiger partial charge in [0.2, 0.25) is 0 Å². The molecule has 1 fully saturated rings. The van der Waals surface area contributed by atoms with Gasteiger partial charge >= 0.3 is 0 Å². The Morgan fingerprint density at radius 1 is 1.24 bits per heavy atom. The molecule has 0 aliphatic carbocycles. The van der Waals surface area contributed by atoms with E-state index < -0.39 is 0 Å². The number of aromatic nitrogens is 1. The second kappa shape index (κ2) is 5.44. The molecular weight excluding hydrogens is 232 g/mol. The summed E-state index contributed by atoms with van der Waals surface area (Å²) < 4.78 is 0. The maximum Gasteiger partial charge on any atom is 0.0900 e. The molecule has 1 aromatic rings. The highest BCUT2D eigenvalue weighted by Crippen LogP contribution is 2.22. The molecular formula is C12H22N4S. The topological polar surface area (TPSA) is 31.4 Å². The summed E-state index contributed by atoms with van der Waals surface area (Å²) in [5, 5.41) is 3.48. The van der Waals surface area contributed by atoms with E-state index in [-0.39, 0.29) is 0 Å². The lowest BCUT2D eigenvalue weighted by molar-refractivity contribution is 0.0891. The Hall–Kier alpha value is -0.490. The van der Waals surface area contributed by atoms with Crippen LogP contribution in [0.25, 0.3) is 0 Å². The number of rotatable bonds is 3. The number of hydrazine groups is 1. The van der Waals surface area contributed by atoms with E-state index >= 15 is 0 Å². The molecule has 1 saturated heterocycles. The van der Waals surface area contributed by atoms with Gasteiger partial charge in [-0.2, -0.15) is 0 Å². The van der Waals surface area contributed by atoms with Crippen LogP contribution in [-0.4, -0.2) is 48.1 Å². The molecule has 0 amide bonds. The van der Waals surface area contributed by atoms with Gasteiger partial charge in [0, 0.05) is 31.1 Å². The monoisotopic (exact) mass is 254 g/mol. The minimum Gasteiger partial charge on any atom is -0.304 e. The van der Waals surface area contributed by atoms with Crippen molar-refractivity contribution in [3.63, 3.8) is 0 Å². The summed E-state index contributed by atoms with van der Waals surface area (Å²) >= 11 is 1.78. The zero-order valence-corrected chi connectivity index (χ0v) is 12.0. The molecule has 0 spiro atoms. The van der Waals surface area contributed by atoms with Crippen LogP contribution in [0.3, 0.4) is 0 Å². The smallest absolute Gasteiger partial charge is 0.0900 e. The third kappa shape index (κ3) is 3.25. The van der Waals surface area contributed by atoms with Crippen LogP contribution in [0.15, 0.2) is 0 Å². The third-order valence-corrected chi connectivity index (χ3v) is 4.13. The van der Waals surface area contributed by atoms with E-state index in [1.165, 1.54) is 10.6 Å². The Morgan fingerprint density at radius 2 is 1.88 bits per heavy atom. The van der Waals surface area contributed by atoms with Crippen molar-refractivity contribution in [2.45, 2.75) is 26.8 Å². The van der Waals surface area contributed by atoms with Gasteiger partial charge in [-0.1, -0.05) is 0 Å². The molecule has 2 heterocycles. The second-order valence-electron chi connectivity index (χ2n) is 4.82. The average Bonchev–Trinajstić information content (AvgIpc) is 2.61. The van der Waals surface area contributed by atoms with Gasteiger partial charge in [0.1, 0.15) is 0 Å². The molecule has 0 radical (unpaired) electrons. The van der Waals surface area contributed by atoms with E-state index in [1.54, 1.807) is 11.3 Å². The molecule has 0 saturated carbocycles. The number of aryl methyl sites for hydroxylation is 2. The van der Waals surface area contributed by atoms with Crippen LogP contribution in [0, 0.1) is 13.8 Å². The fourth-order valence-corrected chi connectivity index (χ4v) is 3.13. The maximum atomic E-state index is 4.61. The van der Waals surface area contributed by atoms with Gasteiger partial charge in [-0.05, 0) is 27.8 Å². The minimum absolute atomic E-state index is 0.309. The molecule has 2 rings (SSSR count). The number of likely N-dealkylation sites (N-methyl/N-ethyl adjacent to an activating group) is 1. The van der Waals surface area contributed by atoms with E-state index in [4.69, 9.17) is 0 Å². The average molecular weight is 254 g/mol. The van der Waals surface area contributed by atoms with Gasteiger partial charge in [0.05, 0.1) is 16.7 Å². The minimum atomic E-state index is 0.309. The van der Waals surface area contributed by atoms with Crippen molar-refractivity contribution < 1.29 is 0 Å². The van der Waals surface area contributed by atoms with Gasteiger partial charge in [0.25, 0.3) is 0 Å². The molecule has 1 aromatic heterocycles. The SMILES string of the molecule is Cc1nc(C(C)NN2CCN(C)CC2)c(C)s1. The summed E-state index contributed by atoms with van der Waals surface area (Å²) in [5.41, 5.74) is 4.76. The van der Waals surface area contributed by atoms with Gasteiger partial charge in [-0.3, -0.25) is 0 Å². The summed E-state index contributed by atoms with van der Waals surface area (Å²) in [6.45, 7) is 10.9. The van der Waals surface area contributed by atoms with E-state index in [0.29, 0.717) is 6.04 Å². The van der Waals surface area contributed by atoms with Crippen molar-refractivity contribution in [1.29, 1.82) is 0 Å². The fourth-order valence-electron chi connectivity index (χ4n) is 2.22. The summed E-state index contributed by atoms with van der Waals surface area (Å²) in [4.78, 5) is 8.30. The van der Waals surface area contributed by atoms with E-state index in [2.05, 4.69) is 48.1 Å². The zero-order chi connectivity index (χ0) is 12.4. The Kier molecular flexibility index (Phi) is 4.14. The molecule has 17 heavy (non-hydrogen) atoms. The molecule has 1 aliphatic heterocycles. The molecule has 0 bridgehead atoms. The molecule has 0 aromatic carbocycles. The Labute approximate surface area is 108 Å². The predicted octanol–water partition coefficient (Wildman–Crippen LogP) is 1.57. The highest BCUT2D eigenvalue weighted by molar-refractivity contribution is 7.11. The Morgan fingerprint density at radius 3 is 2.41 bits per heavy atom. The quantitative estimate of drug-likeness (QED) is 0.887. The van der Waals surface area contributed by atoms with E-state index in [0.717, 1.165) is 31.2 Å². The van der Waals surface area contributed by atoms with Crippen molar-refractivity contribution in [2.75, 3.05) is 33.2 Å². The predicted molar refractivity (Wildman–Crippen MR) is 72.2 cm³/mol. The van der Waals surface area contributed by atoms with Crippen LogP contribution in [-0.2, 0) is 0 Å². The molecule has 1 unspecified atom stereocenters. The van der Waals surface area contributed by atoms with E-state index in [9.17, 15) is 0 Å². The zero-order valence-electron chi connectivity index (χ0n) is 11.2. The van der Waals surface area contributed by atoms with Crippen molar-refractivity contribution in [2.24, 2.45) is 0 Å². The van der Waals surface area contributed by atoms with Crippen LogP contribution in [0.5, 0.6) is 0 Å². The van der Waals surface area contributed by atoms with Gasteiger partial charge in [-0.15, -0.1) is 11.3 Å². The molecule has 96 valence electrons. The first-order chi connectivity index (χ1) is 8.06. The van der Waals surface area contributed by atoms with Crippen molar-refractivity contribution >= 4 is 11.3 Å².